The molecule has 0 atom stereocenters. The molecule has 5 heteroatoms. The van der Waals surface area contributed by atoms with Crippen molar-refractivity contribution in [3.05, 3.63) is 53.6 Å². The molecule has 3 rings (SSSR count). The van der Waals surface area contributed by atoms with Crippen molar-refractivity contribution in [2.75, 3.05) is 11.9 Å². The molecule has 0 aliphatic heterocycles. The molecule has 0 saturated carbocycles. The monoisotopic (exact) mass is 326 g/mol. The topological polar surface area (TPSA) is 51.2 Å². The molecule has 1 amide bonds. The molecule has 0 saturated heterocycles. The third-order valence-corrected chi connectivity index (χ3v) is 4.52. The second-order valence-electron chi connectivity index (χ2n) is 5.24. The molecule has 1 N–H and O–H groups in total. The van der Waals surface area contributed by atoms with Crippen LogP contribution in [0.5, 0.6) is 5.75 Å². The largest absolute Gasteiger partial charge is 0.483 e. The lowest BCUT2D eigenvalue weighted by atomic mass is 10.1. The quantitative estimate of drug-likeness (QED) is 0.765. The molecule has 0 radical (unpaired) electrons. The molecule has 3 aromatic rings. The number of anilines is 1. The lowest BCUT2D eigenvalue weighted by molar-refractivity contribution is -0.118. The summed E-state index contributed by atoms with van der Waals surface area (Å²) in [6.45, 7) is 4.02. The summed E-state index contributed by atoms with van der Waals surface area (Å²) in [5.41, 5.74) is 3.17. The Labute approximate surface area is 139 Å². The second-order valence-corrected chi connectivity index (χ2v) is 6.27. The number of aryl methyl sites for hydroxylation is 2. The van der Waals surface area contributed by atoms with Gasteiger partial charge in [0.15, 0.2) is 11.7 Å². The number of ether oxygens (including phenoxy) is 1. The van der Waals surface area contributed by atoms with Gasteiger partial charge in [-0.15, -0.1) is 0 Å². The molecular weight excluding hydrogens is 308 g/mol. The van der Waals surface area contributed by atoms with Gasteiger partial charge in [-0.1, -0.05) is 48.6 Å². The Morgan fingerprint density at radius 3 is 2.83 bits per heavy atom. The number of hydrogen-bond acceptors (Lipinski definition) is 4. The van der Waals surface area contributed by atoms with Gasteiger partial charge in [0.1, 0.15) is 5.75 Å². The molecule has 0 bridgehead atoms. The van der Waals surface area contributed by atoms with Crippen LogP contribution in [0.1, 0.15) is 18.1 Å². The Kier molecular flexibility index (Phi) is 4.57. The average molecular weight is 326 g/mol. The Hall–Kier alpha value is -2.40. The molecule has 118 valence electrons. The number of nitrogens with one attached hydrogen (secondary N) is 1. The zero-order valence-corrected chi connectivity index (χ0v) is 13.9. The highest BCUT2D eigenvalue weighted by molar-refractivity contribution is 7.22. The van der Waals surface area contributed by atoms with Crippen LogP contribution < -0.4 is 10.1 Å². The summed E-state index contributed by atoms with van der Waals surface area (Å²) in [5, 5.41) is 3.43. The van der Waals surface area contributed by atoms with E-state index in [-0.39, 0.29) is 12.5 Å². The van der Waals surface area contributed by atoms with Crippen molar-refractivity contribution in [1.29, 1.82) is 0 Å². The number of amides is 1. The van der Waals surface area contributed by atoms with Crippen molar-refractivity contribution in [3.63, 3.8) is 0 Å². The van der Waals surface area contributed by atoms with Crippen LogP contribution in [0.25, 0.3) is 10.2 Å². The lowest BCUT2D eigenvalue weighted by Gasteiger charge is -2.07. The summed E-state index contributed by atoms with van der Waals surface area (Å²) >= 11 is 1.48. The maximum Gasteiger partial charge on any atom is 0.264 e. The average Bonchev–Trinajstić information content (AvgIpc) is 2.96. The number of carbonyl (C=O) groups is 1. The van der Waals surface area contributed by atoms with E-state index < -0.39 is 0 Å². The molecule has 1 heterocycles. The van der Waals surface area contributed by atoms with Gasteiger partial charge in [0, 0.05) is 0 Å². The summed E-state index contributed by atoms with van der Waals surface area (Å²) in [6.07, 6.45) is 0.921. The predicted octanol–water partition coefficient (Wildman–Crippen LogP) is 4.18. The molecule has 4 nitrogen and oxygen atoms in total. The van der Waals surface area contributed by atoms with Crippen molar-refractivity contribution in [3.8, 4) is 5.75 Å². The Balaban J connectivity index is 1.67. The van der Waals surface area contributed by atoms with Crippen LogP contribution >= 0.6 is 11.3 Å². The van der Waals surface area contributed by atoms with E-state index in [1.807, 2.05) is 43.3 Å². The molecule has 0 fully saturated rings. The van der Waals surface area contributed by atoms with Gasteiger partial charge >= 0.3 is 0 Å². The van der Waals surface area contributed by atoms with E-state index in [9.17, 15) is 4.79 Å². The summed E-state index contributed by atoms with van der Waals surface area (Å²) in [4.78, 5) is 16.6. The fourth-order valence-corrected chi connectivity index (χ4v) is 3.29. The number of carbonyl (C=O) groups excluding carboxylic acids is 1. The van der Waals surface area contributed by atoms with Gasteiger partial charge in [0.05, 0.1) is 10.2 Å². The maximum absolute atomic E-state index is 12.1. The lowest BCUT2D eigenvalue weighted by Crippen LogP contribution is -2.20. The fraction of sp³-hybridized carbons (Fsp3) is 0.222. The first kappa shape index (κ1) is 15.5. The van der Waals surface area contributed by atoms with Crippen molar-refractivity contribution < 1.29 is 9.53 Å². The number of aromatic nitrogens is 1. The van der Waals surface area contributed by atoms with Crippen molar-refractivity contribution >= 4 is 32.6 Å². The van der Waals surface area contributed by atoms with E-state index in [1.165, 1.54) is 16.9 Å². The normalized spacial score (nSPS) is 10.7. The minimum absolute atomic E-state index is 0.0264. The first-order chi connectivity index (χ1) is 11.2. The minimum atomic E-state index is -0.203. The SMILES string of the molecule is CCc1cccc2sc(NC(=O)COc3ccccc3C)nc12. The van der Waals surface area contributed by atoms with Crippen LogP contribution in [0.2, 0.25) is 0 Å². The number of benzene rings is 2. The number of thiazole rings is 1. The number of rotatable bonds is 5. The number of fused-ring (bicyclic) bond motifs is 1. The predicted molar refractivity (Wildman–Crippen MR) is 94.3 cm³/mol. The molecule has 23 heavy (non-hydrogen) atoms. The standard InChI is InChI=1S/C18H18N2O2S/c1-3-13-8-6-10-15-17(13)20-18(23-15)19-16(21)11-22-14-9-5-4-7-12(14)2/h4-10H,3,11H2,1-2H3,(H,19,20,21). The minimum Gasteiger partial charge on any atom is -0.483 e. The van der Waals surface area contributed by atoms with Crippen molar-refractivity contribution in [1.82, 2.24) is 4.98 Å². The number of nitrogens with zero attached hydrogens (tertiary/aromatic N) is 1. The Morgan fingerprint density at radius 2 is 2.04 bits per heavy atom. The molecule has 0 aliphatic rings. The third-order valence-electron chi connectivity index (χ3n) is 3.58. The van der Waals surface area contributed by atoms with Crippen LogP contribution in [0.15, 0.2) is 42.5 Å². The first-order valence-electron chi connectivity index (χ1n) is 7.54. The van der Waals surface area contributed by atoms with Crippen molar-refractivity contribution in [2.24, 2.45) is 0 Å². The van der Waals surface area contributed by atoms with Crippen LogP contribution in [-0.2, 0) is 11.2 Å². The summed E-state index contributed by atoms with van der Waals surface area (Å²) in [5.74, 6) is 0.519. The van der Waals surface area contributed by atoms with E-state index in [4.69, 9.17) is 4.74 Å². The van der Waals surface area contributed by atoms with Crippen LogP contribution in [0.3, 0.4) is 0 Å². The Morgan fingerprint density at radius 1 is 1.22 bits per heavy atom. The van der Waals surface area contributed by atoms with Gasteiger partial charge in [-0.25, -0.2) is 4.98 Å². The van der Waals surface area contributed by atoms with Crippen LogP contribution in [-0.4, -0.2) is 17.5 Å². The van der Waals surface area contributed by atoms with Gasteiger partial charge in [0.25, 0.3) is 5.91 Å². The highest BCUT2D eigenvalue weighted by Crippen LogP contribution is 2.28. The Bertz CT molecular complexity index is 842. The molecule has 0 unspecified atom stereocenters. The summed E-state index contributed by atoms with van der Waals surface area (Å²) < 4.78 is 6.64. The van der Waals surface area contributed by atoms with E-state index in [0.29, 0.717) is 5.13 Å². The highest BCUT2D eigenvalue weighted by atomic mass is 32.1. The van der Waals surface area contributed by atoms with Crippen molar-refractivity contribution in [2.45, 2.75) is 20.3 Å². The summed E-state index contributed by atoms with van der Waals surface area (Å²) in [6, 6.07) is 13.7. The zero-order valence-electron chi connectivity index (χ0n) is 13.1. The highest BCUT2D eigenvalue weighted by Gasteiger charge is 2.10. The smallest absolute Gasteiger partial charge is 0.264 e. The van der Waals surface area contributed by atoms with Gasteiger partial charge in [0.2, 0.25) is 0 Å². The van der Waals surface area contributed by atoms with Crippen LogP contribution in [0, 0.1) is 6.92 Å². The van der Waals surface area contributed by atoms with Gasteiger partial charge in [-0.3, -0.25) is 10.1 Å². The van der Waals surface area contributed by atoms with E-state index >= 15 is 0 Å². The van der Waals surface area contributed by atoms with Gasteiger partial charge < -0.3 is 4.74 Å². The van der Waals surface area contributed by atoms with E-state index in [0.717, 1.165) is 28.0 Å². The molecular formula is C18H18N2O2S. The third kappa shape index (κ3) is 3.51. The summed E-state index contributed by atoms with van der Waals surface area (Å²) in [7, 11) is 0. The molecule has 1 aromatic heterocycles. The molecule has 0 aliphatic carbocycles. The van der Waals surface area contributed by atoms with Gasteiger partial charge in [-0.05, 0) is 36.6 Å². The van der Waals surface area contributed by atoms with Gasteiger partial charge in [-0.2, -0.15) is 0 Å². The van der Waals surface area contributed by atoms with E-state index in [1.54, 1.807) is 0 Å². The zero-order chi connectivity index (χ0) is 16.2. The molecule has 0 spiro atoms. The maximum atomic E-state index is 12.1. The van der Waals surface area contributed by atoms with Crippen LogP contribution in [0.4, 0.5) is 5.13 Å². The van der Waals surface area contributed by atoms with E-state index in [2.05, 4.69) is 23.3 Å². The fourth-order valence-electron chi connectivity index (χ4n) is 2.36. The number of para-hydroxylation sites is 2. The molecule has 2 aromatic carbocycles. The second kappa shape index (κ2) is 6.79. The first-order valence-corrected chi connectivity index (χ1v) is 8.35. The number of hydrogen-bond donors (Lipinski definition) is 1.